The third-order valence-corrected chi connectivity index (χ3v) is 4.91. The summed E-state index contributed by atoms with van der Waals surface area (Å²) in [6, 6.07) is 7.85. The maximum absolute atomic E-state index is 12.2. The number of nitrogens with one attached hydrogen (secondary N) is 2. The molecule has 1 heterocycles. The van der Waals surface area contributed by atoms with Crippen LogP contribution in [0.4, 0.5) is 0 Å². The van der Waals surface area contributed by atoms with Crippen molar-refractivity contribution in [2.75, 3.05) is 6.54 Å². The van der Waals surface area contributed by atoms with Gasteiger partial charge in [0.2, 0.25) is 0 Å². The highest BCUT2D eigenvalue weighted by Crippen LogP contribution is 2.38. The molecule has 1 amide bonds. The molecule has 3 rings (SSSR count). The van der Waals surface area contributed by atoms with Crippen molar-refractivity contribution in [3.8, 4) is 0 Å². The summed E-state index contributed by atoms with van der Waals surface area (Å²) < 4.78 is 0.999. The van der Waals surface area contributed by atoms with Gasteiger partial charge in [0.1, 0.15) is 0 Å². The number of piperidine rings is 1. The molecule has 1 aliphatic carbocycles. The molecule has 1 saturated heterocycles. The van der Waals surface area contributed by atoms with Gasteiger partial charge < -0.3 is 10.6 Å². The molecule has 0 aromatic heterocycles. The van der Waals surface area contributed by atoms with Gasteiger partial charge in [0.25, 0.3) is 5.91 Å². The zero-order valence-corrected chi connectivity index (χ0v) is 12.5. The number of amides is 1. The molecule has 2 aliphatic rings. The van der Waals surface area contributed by atoms with Crippen molar-refractivity contribution in [3.63, 3.8) is 0 Å². The molecule has 0 radical (unpaired) electrons. The van der Waals surface area contributed by atoms with Crippen LogP contribution in [0.2, 0.25) is 0 Å². The van der Waals surface area contributed by atoms with E-state index in [1.807, 2.05) is 24.3 Å². The van der Waals surface area contributed by atoms with Gasteiger partial charge in [0.15, 0.2) is 0 Å². The van der Waals surface area contributed by atoms with Crippen LogP contribution in [-0.2, 0) is 0 Å². The lowest BCUT2D eigenvalue weighted by molar-refractivity contribution is 0.0853. The Bertz CT molecular complexity index is 468. The minimum absolute atomic E-state index is 0.0499. The number of hydrogen-bond acceptors (Lipinski definition) is 2. The van der Waals surface area contributed by atoms with Crippen molar-refractivity contribution in [2.45, 2.75) is 43.7 Å². The Balaban J connectivity index is 1.61. The van der Waals surface area contributed by atoms with E-state index >= 15 is 0 Å². The molecule has 0 bridgehead atoms. The number of rotatable bonds is 2. The quantitative estimate of drug-likeness (QED) is 0.879. The standard InChI is InChI=1S/C15H19BrN2O/c16-12-4-2-11(3-5-12)14(19)18-13-6-9-17-15(10-13)7-1-8-15/h2-5,13,17H,1,6-10H2,(H,18,19). The van der Waals surface area contributed by atoms with E-state index in [4.69, 9.17) is 0 Å². The van der Waals surface area contributed by atoms with Crippen LogP contribution in [-0.4, -0.2) is 24.0 Å². The first-order chi connectivity index (χ1) is 9.17. The van der Waals surface area contributed by atoms with Crippen LogP contribution in [0.3, 0.4) is 0 Å². The molecule has 3 nitrogen and oxygen atoms in total. The normalized spacial score (nSPS) is 24.8. The van der Waals surface area contributed by atoms with E-state index in [-0.39, 0.29) is 5.91 Å². The molecule has 1 aromatic carbocycles. The summed E-state index contributed by atoms with van der Waals surface area (Å²) in [7, 11) is 0. The Labute approximate surface area is 122 Å². The van der Waals surface area contributed by atoms with Crippen LogP contribution in [0.25, 0.3) is 0 Å². The number of carbonyl (C=O) groups excluding carboxylic acids is 1. The Kier molecular flexibility index (Phi) is 3.63. The maximum Gasteiger partial charge on any atom is 0.251 e. The lowest BCUT2D eigenvalue weighted by Gasteiger charge is -2.48. The monoisotopic (exact) mass is 322 g/mol. The van der Waals surface area contributed by atoms with Gasteiger partial charge in [0, 0.05) is 21.6 Å². The molecule has 2 N–H and O–H groups in total. The van der Waals surface area contributed by atoms with E-state index in [0.29, 0.717) is 11.6 Å². The van der Waals surface area contributed by atoms with Crippen LogP contribution in [0.1, 0.15) is 42.5 Å². The van der Waals surface area contributed by atoms with E-state index < -0.39 is 0 Å². The van der Waals surface area contributed by atoms with Gasteiger partial charge in [-0.1, -0.05) is 15.9 Å². The van der Waals surface area contributed by atoms with E-state index in [1.54, 1.807) is 0 Å². The first-order valence-corrected chi connectivity index (χ1v) is 7.78. The maximum atomic E-state index is 12.2. The molecule has 1 aliphatic heterocycles. The van der Waals surface area contributed by atoms with E-state index in [9.17, 15) is 4.79 Å². The second kappa shape index (κ2) is 5.25. The van der Waals surface area contributed by atoms with Crippen LogP contribution in [0.5, 0.6) is 0 Å². The summed E-state index contributed by atoms with van der Waals surface area (Å²) >= 11 is 3.38. The van der Waals surface area contributed by atoms with Gasteiger partial charge in [0.05, 0.1) is 0 Å². The summed E-state index contributed by atoms with van der Waals surface area (Å²) in [5.74, 6) is 0.0499. The molecule has 1 saturated carbocycles. The highest BCUT2D eigenvalue weighted by molar-refractivity contribution is 9.10. The SMILES string of the molecule is O=C(NC1CCNC2(CCC2)C1)c1ccc(Br)cc1. The molecule has 1 spiro atoms. The zero-order chi connectivity index (χ0) is 13.3. The third kappa shape index (κ3) is 2.84. The van der Waals surface area contributed by atoms with E-state index in [0.717, 1.165) is 29.4 Å². The van der Waals surface area contributed by atoms with Crippen molar-refractivity contribution in [3.05, 3.63) is 34.3 Å². The lowest BCUT2D eigenvalue weighted by Crippen LogP contribution is -2.59. The molecule has 102 valence electrons. The first-order valence-electron chi connectivity index (χ1n) is 6.98. The fourth-order valence-corrected chi connectivity index (χ4v) is 3.40. The molecule has 1 unspecified atom stereocenters. The summed E-state index contributed by atoms with van der Waals surface area (Å²) in [6.45, 7) is 1.02. The second-order valence-corrected chi connectivity index (χ2v) is 6.65. The van der Waals surface area contributed by atoms with Crippen molar-refractivity contribution in [1.82, 2.24) is 10.6 Å². The lowest BCUT2D eigenvalue weighted by atomic mass is 9.70. The topological polar surface area (TPSA) is 41.1 Å². The highest BCUT2D eigenvalue weighted by atomic mass is 79.9. The molecule has 4 heteroatoms. The zero-order valence-electron chi connectivity index (χ0n) is 10.9. The predicted molar refractivity (Wildman–Crippen MR) is 79.2 cm³/mol. The van der Waals surface area contributed by atoms with E-state index in [2.05, 4.69) is 26.6 Å². The summed E-state index contributed by atoms with van der Waals surface area (Å²) in [4.78, 5) is 12.2. The smallest absolute Gasteiger partial charge is 0.251 e. The van der Waals surface area contributed by atoms with Crippen molar-refractivity contribution in [1.29, 1.82) is 0 Å². The van der Waals surface area contributed by atoms with Crippen LogP contribution in [0.15, 0.2) is 28.7 Å². The van der Waals surface area contributed by atoms with Crippen LogP contribution >= 0.6 is 15.9 Å². The van der Waals surface area contributed by atoms with Gasteiger partial charge in [-0.2, -0.15) is 0 Å². The largest absolute Gasteiger partial charge is 0.349 e. The van der Waals surface area contributed by atoms with Crippen molar-refractivity contribution >= 4 is 21.8 Å². The Morgan fingerprint density at radius 2 is 2.05 bits per heavy atom. The minimum Gasteiger partial charge on any atom is -0.349 e. The van der Waals surface area contributed by atoms with Crippen molar-refractivity contribution in [2.24, 2.45) is 0 Å². The fourth-order valence-electron chi connectivity index (χ4n) is 3.14. The van der Waals surface area contributed by atoms with Gasteiger partial charge in [-0.15, -0.1) is 0 Å². The Morgan fingerprint density at radius 3 is 2.68 bits per heavy atom. The summed E-state index contributed by atoms with van der Waals surface area (Å²) in [5.41, 5.74) is 1.07. The molecule has 1 atom stereocenters. The average Bonchev–Trinajstić information content (AvgIpc) is 2.38. The molecular weight excluding hydrogens is 304 g/mol. The average molecular weight is 323 g/mol. The van der Waals surface area contributed by atoms with E-state index in [1.165, 1.54) is 19.3 Å². The van der Waals surface area contributed by atoms with Gasteiger partial charge in [-0.25, -0.2) is 0 Å². The van der Waals surface area contributed by atoms with Gasteiger partial charge in [-0.3, -0.25) is 4.79 Å². The van der Waals surface area contributed by atoms with Gasteiger partial charge >= 0.3 is 0 Å². The predicted octanol–water partition coefficient (Wildman–Crippen LogP) is 2.85. The van der Waals surface area contributed by atoms with Crippen molar-refractivity contribution < 1.29 is 4.79 Å². The number of hydrogen-bond donors (Lipinski definition) is 2. The first kappa shape index (κ1) is 13.1. The molecule has 1 aromatic rings. The highest BCUT2D eigenvalue weighted by Gasteiger charge is 2.41. The Morgan fingerprint density at radius 1 is 1.32 bits per heavy atom. The van der Waals surface area contributed by atoms with Gasteiger partial charge in [-0.05, 0) is 62.9 Å². The van der Waals surface area contributed by atoms with Crippen LogP contribution < -0.4 is 10.6 Å². The summed E-state index contributed by atoms with van der Waals surface area (Å²) in [6.07, 6.45) is 5.95. The second-order valence-electron chi connectivity index (χ2n) is 5.73. The Hall–Kier alpha value is -0.870. The third-order valence-electron chi connectivity index (χ3n) is 4.38. The summed E-state index contributed by atoms with van der Waals surface area (Å²) in [5, 5.41) is 6.81. The number of carbonyl (C=O) groups is 1. The number of benzene rings is 1. The number of halogens is 1. The van der Waals surface area contributed by atoms with Crippen LogP contribution in [0, 0.1) is 0 Å². The fraction of sp³-hybridized carbons (Fsp3) is 0.533. The molecule has 19 heavy (non-hydrogen) atoms. The molecular formula is C15H19BrN2O. The molecule has 2 fully saturated rings. The minimum atomic E-state index is 0.0499.